The average molecular weight is 323 g/mol. The monoisotopic (exact) mass is 323 g/mol. The third kappa shape index (κ3) is 3.49. The second-order valence-electron chi connectivity index (χ2n) is 6.82. The van der Waals surface area contributed by atoms with Gasteiger partial charge in [-0.2, -0.15) is 0 Å². The van der Waals surface area contributed by atoms with Gasteiger partial charge in [-0.05, 0) is 50.4 Å². The number of nitrogens with one attached hydrogen (secondary N) is 2. The molecular weight excluding hydrogens is 298 g/mol. The number of hydrogen-bond donors (Lipinski definition) is 2. The molecule has 4 heteroatoms. The molecule has 2 heterocycles. The van der Waals surface area contributed by atoms with E-state index >= 15 is 0 Å². The first-order valence-electron chi connectivity index (χ1n) is 8.65. The zero-order chi connectivity index (χ0) is 17.0. The van der Waals surface area contributed by atoms with Crippen LogP contribution in [0.3, 0.4) is 0 Å². The lowest BCUT2D eigenvalue weighted by Crippen LogP contribution is -2.56. The lowest BCUT2D eigenvalue weighted by Gasteiger charge is -2.30. The minimum absolute atomic E-state index is 0.107. The van der Waals surface area contributed by atoms with Crippen LogP contribution < -0.4 is 10.6 Å². The Morgan fingerprint density at radius 3 is 2.79 bits per heavy atom. The Labute approximate surface area is 143 Å². The number of carbonyl (C=O) groups is 1. The molecule has 0 saturated carbocycles. The fraction of sp³-hybridized carbons (Fsp3) is 0.400. The molecule has 1 fully saturated rings. The van der Waals surface area contributed by atoms with E-state index in [4.69, 9.17) is 0 Å². The van der Waals surface area contributed by atoms with E-state index in [1.807, 2.05) is 38.2 Å². The van der Waals surface area contributed by atoms with Crippen LogP contribution in [-0.2, 0) is 11.2 Å². The van der Waals surface area contributed by atoms with Crippen LogP contribution >= 0.6 is 0 Å². The van der Waals surface area contributed by atoms with Crippen molar-refractivity contribution < 1.29 is 4.79 Å². The van der Waals surface area contributed by atoms with Gasteiger partial charge in [-0.25, -0.2) is 0 Å². The zero-order valence-electron chi connectivity index (χ0n) is 14.4. The molecule has 1 aromatic carbocycles. The molecule has 1 aliphatic rings. The molecule has 1 amide bonds. The van der Waals surface area contributed by atoms with E-state index in [9.17, 15) is 4.79 Å². The van der Waals surface area contributed by atoms with Crippen LogP contribution in [0, 0.1) is 0 Å². The van der Waals surface area contributed by atoms with Crippen molar-refractivity contribution >= 4 is 5.91 Å². The molecule has 126 valence electrons. The van der Waals surface area contributed by atoms with Crippen molar-refractivity contribution in [2.45, 2.75) is 44.7 Å². The van der Waals surface area contributed by atoms with E-state index in [0.717, 1.165) is 30.5 Å². The van der Waals surface area contributed by atoms with Crippen molar-refractivity contribution in [3.63, 3.8) is 0 Å². The minimum atomic E-state index is -0.511. The number of pyridine rings is 1. The normalized spacial score (nSPS) is 20.3. The van der Waals surface area contributed by atoms with Gasteiger partial charge in [-0.1, -0.05) is 30.3 Å². The van der Waals surface area contributed by atoms with Crippen molar-refractivity contribution in [1.82, 2.24) is 15.6 Å². The zero-order valence-corrected chi connectivity index (χ0v) is 14.4. The lowest BCUT2D eigenvalue weighted by molar-refractivity contribution is -0.127. The molecule has 1 unspecified atom stereocenters. The third-order valence-corrected chi connectivity index (χ3v) is 4.58. The van der Waals surface area contributed by atoms with Crippen LogP contribution in [-0.4, -0.2) is 29.0 Å². The second kappa shape index (κ2) is 7.14. The van der Waals surface area contributed by atoms with Crippen molar-refractivity contribution in [3.8, 4) is 11.1 Å². The summed E-state index contributed by atoms with van der Waals surface area (Å²) in [4.78, 5) is 17.1. The summed E-state index contributed by atoms with van der Waals surface area (Å²) >= 11 is 0. The van der Waals surface area contributed by atoms with Gasteiger partial charge in [0.05, 0.1) is 0 Å². The third-order valence-electron chi connectivity index (χ3n) is 4.58. The molecule has 0 aliphatic carbocycles. The summed E-state index contributed by atoms with van der Waals surface area (Å²) in [7, 11) is 0. The number of hydrogen-bond acceptors (Lipinski definition) is 3. The molecule has 24 heavy (non-hydrogen) atoms. The van der Waals surface area contributed by atoms with Crippen molar-refractivity contribution in [2.24, 2.45) is 0 Å². The highest BCUT2D eigenvalue weighted by Crippen LogP contribution is 2.30. The van der Waals surface area contributed by atoms with Crippen LogP contribution in [0.15, 0.2) is 48.8 Å². The Morgan fingerprint density at radius 1 is 1.29 bits per heavy atom. The molecule has 0 spiro atoms. The average Bonchev–Trinajstić information content (AvgIpc) is 3.05. The van der Waals surface area contributed by atoms with Gasteiger partial charge in [0, 0.05) is 30.4 Å². The Morgan fingerprint density at radius 2 is 2.12 bits per heavy atom. The topological polar surface area (TPSA) is 54.0 Å². The van der Waals surface area contributed by atoms with Gasteiger partial charge in [-0.15, -0.1) is 0 Å². The molecular formula is C20H25N3O. The number of nitrogens with zero attached hydrogens (tertiary/aromatic N) is 1. The van der Waals surface area contributed by atoms with Gasteiger partial charge in [0.15, 0.2) is 0 Å². The summed E-state index contributed by atoms with van der Waals surface area (Å²) < 4.78 is 0. The Bertz CT molecular complexity index is 691. The summed E-state index contributed by atoms with van der Waals surface area (Å²) in [6.07, 6.45) is 6.24. The molecule has 1 aliphatic heterocycles. The summed E-state index contributed by atoms with van der Waals surface area (Å²) in [5.74, 6) is 0.107. The molecule has 1 saturated heterocycles. The van der Waals surface area contributed by atoms with E-state index in [2.05, 4.69) is 33.8 Å². The smallest absolute Gasteiger partial charge is 0.240 e. The quantitative estimate of drug-likeness (QED) is 0.889. The number of amides is 1. The Balaban J connectivity index is 1.93. The SMILES string of the molecule is CC(C)NC(=O)C1(Cc2ccccc2-c2cccnc2)CCCN1. The van der Waals surface area contributed by atoms with E-state index in [1.54, 1.807) is 6.20 Å². The van der Waals surface area contributed by atoms with E-state index in [1.165, 1.54) is 5.56 Å². The summed E-state index contributed by atoms with van der Waals surface area (Å²) in [6, 6.07) is 12.5. The predicted octanol–water partition coefficient (Wildman–Crippen LogP) is 2.94. The van der Waals surface area contributed by atoms with E-state index in [0.29, 0.717) is 6.42 Å². The number of rotatable bonds is 5. The summed E-state index contributed by atoms with van der Waals surface area (Å²) in [6.45, 7) is 4.90. The number of benzene rings is 1. The highest BCUT2D eigenvalue weighted by molar-refractivity contribution is 5.87. The largest absolute Gasteiger partial charge is 0.352 e. The fourth-order valence-electron chi connectivity index (χ4n) is 3.43. The van der Waals surface area contributed by atoms with Gasteiger partial charge in [0.25, 0.3) is 0 Å². The molecule has 4 nitrogen and oxygen atoms in total. The van der Waals surface area contributed by atoms with Crippen LogP contribution in [0.5, 0.6) is 0 Å². The first kappa shape index (κ1) is 16.7. The van der Waals surface area contributed by atoms with Crippen molar-refractivity contribution in [2.75, 3.05) is 6.54 Å². The minimum Gasteiger partial charge on any atom is -0.352 e. The second-order valence-corrected chi connectivity index (χ2v) is 6.82. The van der Waals surface area contributed by atoms with Gasteiger partial charge in [0.1, 0.15) is 5.54 Å². The van der Waals surface area contributed by atoms with Gasteiger partial charge in [0.2, 0.25) is 5.91 Å². The maximum Gasteiger partial charge on any atom is 0.240 e. The van der Waals surface area contributed by atoms with Crippen LogP contribution in [0.2, 0.25) is 0 Å². The van der Waals surface area contributed by atoms with Gasteiger partial charge < -0.3 is 10.6 Å². The van der Waals surface area contributed by atoms with Gasteiger partial charge in [-0.3, -0.25) is 9.78 Å². The molecule has 2 aromatic rings. The first-order valence-corrected chi connectivity index (χ1v) is 8.65. The lowest BCUT2D eigenvalue weighted by atomic mass is 9.85. The maximum atomic E-state index is 12.8. The fourth-order valence-corrected chi connectivity index (χ4v) is 3.43. The molecule has 0 bridgehead atoms. The number of carbonyl (C=O) groups excluding carboxylic acids is 1. The first-order chi connectivity index (χ1) is 11.6. The maximum absolute atomic E-state index is 12.8. The molecule has 3 rings (SSSR count). The molecule has 2 N–H and O–H groups in total. The highest BCUT2D eigenvalue weighted by Gasteiger charge is 2.41. The molecule has 1 atom stereocenters. The van der Waals surface area contributed by atoms with E-state index in [-0.39, 0.29) is 11.9 Å². The van der Waals surface area contributed by atoms with Crippen LogP contribution in [0.4, 0.5) is 0 Å². The standard InChI is InChI=1S/C20H25N3O/c1-15(2)23-19(24)20(10-6-12-22-20)13-16-7-3-4-9-18(16)17-8-5-11-21-14-17/h3-5,7-9,11,14-15,22H,6,10,12-13H2,1-2H3,(H,23,24). The van der Waals surface area contributed by atoms with Gasteiger partial charge >= 0.3 is 0 Å². The number of aromatic nitrogens is 1. The van der Waals surface area contributed by atoms with Crippen molar-refractivity contribution in [1.29, 1.82) is 0 Å². The molecule has 1 aromatic heterocycles. The Kier molecular flexibility index (Phi) is 4.95. The summed E-state index contributed by atoms with van der Waals surface area (Å²) in [5, 5.41) is 6.57. The van der Waals surface area contributed by atoms with E-state index < -0.39 is 5.54 Å². The van der Waals surface area contributed by atoms with Crippen molar-refractivity contribution in [3.05, 3.63) is 54.4 Å². The highest BCUT2D eigenvalue weighted by atomic mass is 16.2. The summed E-state index contributed by atoms with van der Waals surface area (Å²) in [5.41, 5.74) is 2.91. The predicted molar refractivity (Wildman–Crippen MR) is 96.6 cm³/mol. The Hall–Kier alpha value is -2.20. The molecule has 0 radical (unpaired) electrons. The van der Waals surface area contributed by atoms with Crippen LogP contribution in [0.1, 0.15) is 32.3 Å². The van der Waals surface area contributed by atoms with Crippen LogP contribution in [0.25, 0.3) is 11.1 Å².